The first kappa shape index (κ1) is 16.1. The molecule has 0 atom stereocenters. The Morgan fingerprint density at radius 1 is 1.24 bits per heavy atom. The summed E-state index contributed by atoms with van der Waals surface area (Å²) >= 11 is 12.8. The molecule has 0 bridgehead atoms. The first-order chi connectivity index (χ1) is 10.1. The standard InChI is InChI=1S/C16H17ClN2S2/c1-2-21-14-5-3-4-13(15(14)16(18)20)19-10-11-6-8-12(17)9-7-11/h3-9,19H,2,10H2,1H3,(H2,18,20). The molecule has 2 rings (SSSR count). The second-order valence-electron chi connectivity index (χ2n) is 4.46. The average molecular weight is 337 g/mol. The number of nitrogens with two attached hydrogens (primary N) is 1. The molecular weight excluding hydrogens is 320 g/mol. The van der Waals surface area contributed by atoms with Crippen LogP contribution in [0.1, 0.15) is 18.1 Å². The summed E-state index contributed by atoms with van der Waals surface area (Å²) in [5.41, 5.74) is 8.94. The number of hydrogen-bond donors (Lipinski definition) is 2. The van der Waals surface area contributed by atoms with E-state index in [1.165, 1.54) is 0 Å². The van der Waals surface area contributed by atoms with Crippen LogP contribution in [0.3, 0.4) is 0 Å². The van der Waals surface area contributed by atoms with Crippen molar-refractivity contribution in [2.45, 2.75) is 18.4 Å². The van der Waals surface area contributed by atoms with Crippen molar-refractivity contribution in [3.63, 3.8) is 0 Å². The summed E-state index contributed by atoms with van der Waals surface area (Å²) in [6, 6.07) is 13.8. The van der Waals surface area contributed by atoms with Crippen LogP contribution in [0.15, 0.2) is 47.4 Å². The Bertz CT molecular complexity index is 627. The van der Waals surface area contributed by atoms with Gasteiger partial charge in [0.1, 0.15) is 4.99 Å². The van der Waals surface area contributed by atoms with Crippen molar-refractivity contribution in [1.82, 2.24) is 0 Å². The predicted octanol–water partition coefficient (Wildman–Crippen LogP) is 4.70. The van der Waals surface area contributed by atoms with Gasteiger partial charge in [-0.1, -0.05) is 48.9 Å². The van der Waals surface area contributed by atoms with Gasteiger partial charge in [-0.25, -0.2) is 0 Å². The highest BCUT2D eigenvalue weighted by atomic mass is 35.5. The van der Waals surface area contributed by atoms with Gasteiger partial charge in [-0.15, -0.1) is 11.8 Å². The van der Waals surface area contributed by atoms with Crippen LogP contribution in [0.4, 0.5) is 5.69 Å². The Morgan fingerprint density at radius 2 is 1.95 bits per heavy atom. The van der Waals surface area contributed by atoms with E-state index in [0.717, 1.165) is 32.5 Å². The van der Waals surface area contributed by atoms with Gasteiger partial charge >= 0.3 is 0 Å². The highest BCUT2D eigenvalue weighted by Crippen LogP contribution is 2.29. The number of thiocarbonyl (C=S) groups is 1. The van der Waals surface area contributed by atoms with Gasteiger partial charge in [0.15, 0.2) is 0 Å². The Hall–Kier alpha value is -1.23. The monoisotopic (exact) mass is 336 g/mol. The molecule has 0 aliphatic carbocycles. The second-order valence-corrected chi connectivity index (χ2v) is 6.64. The normalized spacial score (nSPS) is 10.4. The summed E-state index contributed by atoms with van der Waals surface area (Å²) in [7, 11) is 0. The van der Waals surface area contributed by atoms with E-state index in [-0.39, 0.29) is 0 Å². The molecular formula is C16H17ClN2S2. The third kappa shape index (κ3) is 4.37. The van der Waals surface area contributed by atoms with Gasteiger partial charge in [0.25, 0.3) is 0 Å². The molecule has 0 spiro atoms. The van der Waals surface area contributed by atoms with Crippen LogP contribution in [0, 0.1) is 0 Å². The van der Waals surface area contributed by atoms with Crippen LogP contribution in [-0.2, 0) is 6.54 Å². The highest BCUT2D eigenvalue weighted by Gasteiger charge is 2.11. The molecule has 2 aromatic carbocycles. The van der Waals surface area contributed by atoms with Crippen molar-refractivity contribution in [1.29, 1.82) is 0 Å². The molecule has 2 nitrogen and oxygen atoms in total. The van der Waals surface area contributed by atoms with Gasteiger partial charge in [0.05, 0.1) is 0 Å². The van der Waals surface area contributed by atoms with Gasteiger partial charge in [-0.05, 0) is 35.6 Å². The molecule has 0 radical (unpaired) electrons. The van der Waals surface area contributed by atoms with E-state index in [1.54, 1.807) is 11.8 Å². The molecule has 0 aliphatic rings. The summed E-state index contributed by atoms with van der Waals surface area (Å²) < 4.78 is 0. The molecule has 0 aromatic heterocycles. The molecule has 0 fully saturated rings. The maximum atomic E-state index is 5.90. The summed E-state index contributed by atoms with van der Waals surface area (Å²) in [6.45, 7) is 2.81. The lowest BCUT2D eigenvalue weighted by atomic mass is 10.1. The largest absolute Gasteiger partial charge is 0.389 e. The average Bonchev–Trinajstić information content (AvgIpc) is 2.47. The maximum Gasteiger partial charge on any atom is 0.107 e. The van der Waals surface area contributed by atoms with E-state index in [2.05, 4.69) is 18.3 Å². The lowest BCUT2D eigenvalue weighted by molar-refractivity contribution is 1.14. The fraction of sp³-hybridized carbons (Fsp3) is 0.188. The summed E-state index contributed by atoms with van der Waals surface area (Å²) in [6.07, 6.45) is 0. The Labute approximate surface area is 140 Å². The fourth-order valence-corrected chi connectivity index (χ4v) is 3.27. The number of nitrogens with one attached hydrogen (secondary N) is 1. The molecule has 3 N–H and O–H groups in total. The van der Waals surface area contributed by atoms with Crippen LogP contribution in [0.25, 0.3) is 0 Å². The lowest BCUT2D eigenvalue weighted by Crippen LogP contribution is -2.14. The van der Waals surface area contributed by atoms with Crippen LogP contribution < -0.4 is 11.1 Å². The van der Waals surface area contributed by atoms with Gasteiger partial charge in [-0.3, -0.25) is 0 Å². The van der Waals surface area contributed by atoms with Gasteiger partial charge in [0, 0.05) is 27.7 Å². The van der Waals surface area contributed by atoms with E-state index < -0.39 is 0 Å². The molecule has 2 aromatic rings. The fourth-order valence-electron chi connectivity index (χ4n) is 2.01. The molecule has 5 heteroatoms. The molecule has 110 valence electrons. The topological polar surface area (TPSA) is 38.0 Å². The van der Waals surface area contributed by atoms with E-state index in [1.807, 2.05) is 36.4 Å². The summed E-state index contributed by atoms with van der Waals surface area (Å²) in [4.78, 5) is 1.54. The zero-order valence-corrected chi connectivity index (χ0v) is 14.1. The van der Waals surface area contributed by atoms with Crippen molar-refractivity contribution in [2.75, 3.05) is 11.1 Å². The number of hydrogen-bond acceptors (Lipinski definition) is 3. The first-order valence-corrected chi connectivity index (χ1v) is 8.43. The number of halogens is 1. The van der Waals surface area contributed by atoms with Crippen molar-refractivity contribution in [3.8, 4) is 0 Å². The quantitative estimate of drug-likeness (QED) is 0.592. The van der Waals surface area contributed by atoms with Gasteiger partial charge in [0.2, 0.25) is 0 Å². The van der Waals surface area contributed by atoms with E-state index in [0.29, 0.717) is 11.5 Å². The zero-order valence-electron chi connectivity index (χ0n) is 11.7. The van der Waals surface area contributed by atoms with Crippen LogP contribution in [0.5, 0.6) is 0 Å². The van der Waals surface area contributed by atoms with Crippen LogP contribution in [-0.4, -0.2) is 10.7 Å². The number of thioether (sulfide) groups is 1. The maximum absolute atomic E-state index is 5.90. The molecule has 0 unspecified atom stereocenters. The van der Waals surface area contributed by atoms with Crippen molar-refractivity contribution in [2.24, 2.45) is 5.73 Å². The summed E-state index contributed by atoms with van der Waals surface area (Å²) in [5, 5.41) is 4.14. The Balaban J connectivity index is 2.21. The Kier molecular flexibility index (Phi) is 5.91. The molecule has 21 heavy (non-hydrogen) atoms. The predicted molar refractivity (Wildman–Crippen MR) is 97.5 cm³/mol. The first-order valence-electron chi connectivity index (χ1n) is 6.65. The van der Waals surface area contributed by atoms with Gasteiger partial charge in [-0.2, -0.15) is 0 Å². The number of anilines is 1. The van der Waals surface area contributed by atoms with Crippen molar-refractivity contribution < 1.29 is 0 Å². The number of rotatable bonds is 6. The second kappa shape index (κ2) is 7.69. The number of benzene rings is 2. The third-order valence-corrected chi connectivity index (χ3v) is 4.36. The molecule has 0 aliphatic heterocycles. The Morgan fingerprint density at radius 3 is 2.57 bits per heavy atom. The lowest BCUT2D eigenvalue weighted by Gasteiger charge is -2.15. The zero-order chi connectivity index (χ0) is 15.2. The smallest absolute Gasteiger partial charge is 0.107 e. The van der Waals surface area contributed by atoms with Crippen LogP contribution in [0.2, 0.25) is 5.02 Å². The molecule has 0 saturated carbocycles. The molecule has 0 amide bonds. The van der Waals surface area contributed by atoms with E-state index in [9.17, 15) is 0 Å². The summed E-state index contributed by atoms with van der Waals surface area (Å²) in [5.74, 6) is 0.982. The highest BCUT2D eigenvalue weighted by molar-refractivity contribution is 7.99. The van der Waals surface area contributed by atoms with Crippen LogP contribution >= 0.6 is 35.6 Å². The minimum absolute atomic E-state index is 0.421. The SMILES string of the molecule is CCSc1cccc(NCc2ccc(Cl)cc2)c1C(N)=S. The van der Waals surface area contributed by atoms with E-state index >= 15 is 0 Å². The van der Waals surface area contributed by atoms with Crippen molar-refractivity contribution >= 4 is 46.3 Å². The third-order valence-electron chi connectivity index (χ3n) is 2.97. The minimum atomic E-state index is 0.421. The van der Waals surface area contributed by atoms with E-state index in [4.69, 9.17) is 29.6 Å². The molecule has 0 heterocycles. The minimum Gasteiger partial charge on any atom is -0.389 e. The van der Waals surface area contributed by atoms with Crippen molar-refractivity contribution in [3.05, 3.63) is 58.6 Å². The molecule has 0 saturated heterocycles. The van der Waals surface area contributed by atoms with Gasteiger partial charge < -0.3 is 11.1 Å².